The minimum atomic E-state index is -0.554. The SMILES string of the molecule is COC(=O)c1c(NC(=O)c2ccoc2)c2cc(NCc3cn(C)nc3C)cnc2n1CC(C)C. The Hall–Kier alpha value is -4.08. The highest BCUT2D eigenvalue weighted by molar-refractivity contribution is 6.14. The van der Waals surface area contributed by atoms with Gasteiger partial charge < -0.3 is 24.4 Å². The van der Waals surface area contributed by atoms with Gasteiger partial charge in [0.25, 0.3) is 5.91 Å². The third kappa shape index (κ3) is 4.52. The number of hydrogen-bond acceptors (Lipinski definition) is 7. The number of anilines is 2. The molecule has 2 N–H and O–H groups in total. The molecule has 4 aromatic heterocycles. The lowest BCUT2D eigenvalue weighted by molar-refractivity contribution is 0.0589. The number of nitrogens with one attached hydrogen (secondary N) is 2. The molecular formula is C24H28N6O4. The first-order valence-corrected chi connectivity index (χ1v) is 11.0. The van der Waals surface area contributed by atoms with Crippen LogP contribution in [0.3, 0.4) is 0 Å². The fourth-order valence-corrected chi connectivity index (χ4v) is 3.90. The number of rotatable bonds is 8. The largest absolute Gasteiger partial charge is 0.472 e. The average Bonchev–Trinajstić information content (AvgIpc) is 3.51. The first kappa shape index (κ1) is 23.1. The monoisotopic (exact) mass is 464 g/mol. The van der Waals surface area contributed by atoms with Crippen molar-refractivity contribution in [3.05, 3.63) is 59.6 Å². The number of nitrogens with zero attached hydrogens (tertiary/aromatic N) is 4. The van der Waals surface area contributed by atoms with Crippen LogP contribution in [0.4, 0.5) is 11.4 Å². The molecular weight excluding hydrogens is 436 g/mol. The van der Waals surface area contributed by atoms with Crippen LogP contribution in [0.25, 0.3) is 11.0 Å². The van der Waals surface area contributed by atoms with Crippen molar-refractivity contribution < 1.29 is 18.7 Å². The summed E-state index contributed by atoms with van der Waals surface area (Å²) in [5.74, 6) is -0.724. The van der Waals surface area contributed by atoms with Crippen LogP contribution < -0.4 is 10.6 Å². The van der Waals surface area contributed by atoms with Crippen molar-refractivity contribution in [2.24, 2.45) is 13.0 Å². The second-order valence-electron chi connectivity index (χ2n) is 8.55. The third-order valence-electron chi connectivity index (χ3n) is 5.44. The highest BCUT2D eigenvalue weighted by Crippen LogP contribution is 2.34. The molecule has 0 bridgehead atoms. The van der Waals surface area contributed by atoms with Gasteiger partial charge in [0.1, 0.15) is 11.9 Å². The third-order valence-corrected chi connectivity index (χ3v) is 5.44. The number of esters is 1. The summed E-state index contributed by atoms with van der Waals surface area (Å²) in [4.78, 5) is 30.4. The zero-order valence-corrected chi connectivity index (χ0v) is 19.9. The number of aryl methyl sites for hydroxylation is 2. The van der Waals surface area contributed by atoms with Crippen LogP contribution in [0.1, 0.15) is 46.0 Å². The Morgan fingerprint density at radius 3 is 2.71 bits per heavy atom. The number of amides is 1. The molecule has 0 saturated heterocycles. The zero-order valence-electron chi connectivity index (χ0n) is 19.9. The molecule has 0 fully saturated rings. The Morgan fingerprint density at radius 2 is 2.09 bits per heavy atom. The van der Waals surface area contributed by atoms with Crippen molar-refractivity contribution in [1.29, 1.82) is 0 Å². The van der Waals surface area contributed by atoms with Gasteiger partial charge in [0.15, 0.2) is 5.69 Å². The summed E-state index contributed by atoms with van der Waals surface area (Å²) in [6.45, 7) is 7.12. The van der Waals surface area contributed by atoms with E-state index < -0.39 is 11.9 Å². The summed E-state index contributed by atoms with van der Waals surface area (Å²) in [5.41, 5.74) is 4.26. The van der Waals surface area contributed by atoms with E-state index in [0.717, 1.165) is 16.9 Å². The van der Waals surface area contributed by atoms with E-state index in [1.807, 2.05) is 40.1 Å². The number of furan rings is 1. The van der Waals surface area contributed by atoms with E-state index in [9.17, 15) is 9.59 Å². The van der Waals surface area contributed by atoms with E-state index in [2.05, 4.69) is 20.7 Å². The van der Waals surface area contributed by atoms with Crippen LogP contribution in [0.15, 0.2) is 41.5 Å². The quantitative estimate of drug-likeness (QED) is 0.379. The molecule has 0 aliphatic rings. The van der Waals surface area contributed by atoms with Crippen LogP contribution in [0, 0.1) is 12.8 Å². The van der Waals surface area contributed by atoms with Crippen molar-refractivity contribution in [2.45, 2.75) is 33.9 Å². The molecule has 10 heteroatoms. The lowest BCUT2D eigenvalue weighted by Gasteiger charge is -2.12. The number of carbonyl (C=O) groups excluding carboxylic acids is 2. The molecule has 0 aliphatic heterocycles. The number of ether oxygens (including phenoxy) is 1. The minimum Gasteiger partial charge on any atom is -0.472 e. The number of methoxy groups -OCH3 is 1. The van der Waals surface area contributed by atoms with E-state index in [1.54, 1.807) is 21.5 Å². The molecule has 0 aliphatic carbocycles. The number of aromatic nitrogens is 4. The number of carbonyl (C=O) groups is 2. The highest BCUT2D eigenvalue weighted by Gasteiger charge is 2.27. The van der Waals surface area contributed by atoms with Gasteiger partial charge >= 0.3 is 5.97 Å². The Bertz CT molecular complexity index is 1330. The molecule has 0 atom stereocenters. The first-order chi connectivity index (χ1) is 16.3. The second kappa shape index (κ2) is 9.42. The maximum Gasteiger partial charge on any atom is 0.356 e. The van der Waals surface area contributed by atoms with E-state index in [0.29, 0.717) is 35.4 Å². The fraction of sp³-hybridized carbons (Fsp3) is 0.333. The lowest BCUT2D eigenvalue weighted by atomic mass is 10.2. The fourth-order valence-electron chi connectivity index (χ4n) is 3.90. The number of pyridine rings is 1. The molecule has 1 amide bonds. The van der Waals surface area contributed by atoms with E-state index in [4.69, 9.17) is 9.15 Å². The van der Waals surface area contributed by atoms with E-state index in [-0.39, 0.29) is 11.6 Å². The second-order valence-corrected chi connectivity index (χ2v) is 8.55. The number of hydrogen-bond donors (Lipinski definition) is 2. The normalized spacial score (nSPS) is 11.2. The van der Waals surface area contributed by atoms with Gasteiger partial charge in [-0.3, -0.25) is 9.48 Å². The highest BCUT2D eigenvalue weighted by atomic mass is 16.5. The summed E-state index contributed by atoms with van der Waals surface area (Å²) >= 11 is 0. The van der Waals surface area contributed by atoms with Gasteiger partial charge in [-0.2, -0.15) is 5.10 Å². The summed E-state index contributed by atoms with van der Waals surface area (Å²) in [6, 6.07) is 3.43. The molecule has 0 saturated carbocycles. The van der Waals surface area contributed by atoms with E-state index >= 15 is 0 Å². The van der Waals surface area contributed by atoms with Crippen molar-refractivity contribution in [2.75, 3.05) is 17.7 Å². The summed E-state index contributed by atoms with van der Waals surface area (Å²) in [6.07, 6.45) is 6.44. The molecule has 0 radical (unpaired) electrons. The van der Waals surface area contributed by atoms with Gasteiger partial charge in [-0.1, -0.05) is 13.8 Å². The maximum atomic E-state index is 12.9. The number of fused-ring (bicyclic) bond motifs is 1. The summed E-state index contributed by atoms with van der Waals surface area (Å²) < 4.78 is 13.7. The maximum absolute atomic E-state index is 12.9. The van der Waals surface area contributed by atoms with Crippen molar-refractivity contribution in [1.82, 2.24) is 19.3 Å². The molecule has 4 heterocycles. The Morgan fingerprint density at radius 1 is 1.29 bits per heavy atom. The van der Waals surface area contributed by atoms with Crippen molar-refractivity contribution >= 4 is 34.3 Å². The Kier molecular flexibility index (Phi) is 6.40. The van der Waals surface area contributed by atoms with Gasteiger partial charge in [-0.05, 0) is 25.0 Å². The van der Waals surface area contributed by atoms with Crippen LogP contribution in [0.5, 0.6) is 0 Å². The van der Waals surface area contributed by atoms with Gasteiger partial charge in [-0.15, -0.1) is 0 Å². The summed E-state index contributed by atoms with van der Waals surface area (Å²) in [7, 11) is 3.20. The standard InChI is InChI=1S/C24H28N6O4/c1-14(2)11-30-21(24(32)33-5)20(27-23(31)16-6-7-34-13-16)19-8-18(10-26-22(19)30)25-9-17-12-29(4)28-15(17)3/h6-8,10,12-14,25H,9,11H2,1-5H3,(H,27,31). The predicted octanol–water partition coefficient (Wildman–Crippen LogP) is 3.98. The predicted molar refractivity (Wildman–Crippen MR) is 128 cm³/mol. The Labute approximate surface area is 196 Å². The average molecular weight is 465 g/mol. The topological polar surface area (TPSA) is 116 Å². The minimum absolute atomic E-state index is 0.226. The summed E-state index contributed by atoms with van der Waals surface area (Å²) in [5, 5.41) is 11.2. The molecule has 10 nitrogen and oxygen atoms in total. The van der Waals surface area contributed by atoms with Crippen LogP contribution in [0.2, 0.25) is 0 Å². The smallest absolute Gasteiger partial charge is 0.356 e. The Balaban J connectivity index is 1.79. The first-order valence-electron chi connectivity index (χ1n) is 11.0. The van der Waals surface area contributed by atoms with E-state index in [1.165, 1.54) is 19.6 Å². The molecule has 4 rings (SSSR count). The zero-order chi connectivity index (χ0) is 24.4. The van der Waals surface area contributed by atoms with Crippen LogP contribution >= 0.6 is 0 Å². The molecule has 4 aromatic rings. The molecule has 34 heavy (non-hydrogen) atoms. The molecule has 0 unspecified atom stereocenters. The van der Waals surface area contributed by atoms with Crippen LogP contribution in [-0.4, -0.2) is 38.3 Å². The van der Waals surface area contributed by atoms with Gasteiger partial charge in [0, 0.05) is 37.3 Å². The van der Waals surface area contributed by atoms with Crippen molar-refractivity contribution in [3.8, 4) is 0 Å². The molecule has 0 aromatic carbocycles. The molecule has 178 valence electrons. The van der Waals surface area contributed by atoms with Gasteiger partial charge in [0.2, 0.25) is 0 Å². The lowest BCUT2D eigenvalue weighted by Crippen LogP contribution is -2.18. The molecule has 0 spiro atoms. The van der Waals surface area contributed by atoms with Gasteiger partial charge in [0.05, 0.1) is 42.2 Å². The van der Waals surface area contributed by atoms with Crippen LogP contribution in [-0.2, 0) is 24.9 Å². The van der Waals surface area contributed by atoms with Gasteiger partial charge in [-0.25, -0.2) is 9.78 Å². The van der Waals surface area contributed by atoms with Crippen molar-refractivity contribution in [3.63, 3.8) is 0 Å².